The molecule has 1 aliphatic heterocycles. The van der Waals surface area contributed by atoms with Crippen LogP contribution >= 0.6 is 11.6 Å². The Kier molecular flexibility index (Phi) is 5.29. The summed E-state index contributed by atoms with van der Waals surface area (Å²) >= 11 is 5.92. The molecule has 6 heteroatoms. The Bertz CT molecular complexity index is 539. The average molecular weight is 318 g/mol. The first-order valence-corrected chi connectivity index (χ1v) is 9.18. The lowest BCUT2D eigenvalue weighted by atomic mass is 10.1. The second kappa shape index (κ2) is 6.78. The maximum Gasteiger partial charge on any atom is 0.148 e. The van der Waals surface area contributed by atoms with Gasteiger partial charge in [-0.15, -0.1) is 0 Å². The molecular formula is C14H20ClNO3S. The Morgan fingerprint density at radius 2 is 2.05 bits per heavy atom. The summed E-state index contributed by atoms with van der Waals surface area (Å²) in [4.78, 5) is 2.18. The highest BCUT2D eigenvalue weighted by Gasteiger charge is 2.21. The van der Waals surface area contributed by atoms with Crippen molar-refractivity contribution < 1.29 is 13.2 Å². The molecule has 2 rings (SSSR count). The van der Waals surface area contributed by atoms with E-state index in [1.165, 1.54) is 6.26 Å². The van der Waals surface area contributed by atoms with Crippen molar-refractivity contribution in [3.8, 4) is 5.75 Å². The molecule has 1 heterocycles. The van der Waals surface area contributed by atoms with E-state index in [0.29, 0.717) is 11.6 Å². The Hall–Kier alpha value is -0.780. The third-order valence-electron chi connectivity index (χ3n) is 3.41. The molecule has 1 aromatic carbocycles. The first-order valence-electron chi connectivity index (χ1n) is 6.75. The highest BCUT2D eigenvalue weighted by Crippen LogP contribution is 2.22. The zero-order valence-electron chi connectivity index (χ0n) is 11.6. The molecule has 1 saturated heterocycles. The van der Waals surface area contributed by atoms with Gasteiger partial charge in [0.25, 0.3) is 0 Å². The van der Waals surface area contributed by atoms with Gasteiger partial charge >= 0.3 is 0 Å². The van der Waals surface area contributed by atoms with Gasteiger partial charge < -0.3 is 9.64 Å². The van der Waals surface area contributed by atoms with Crippen LogP contribution < -0.4 is 4.74 Å². The van der Waals surface area contributed by atoms with Gasteiger partial charge in [-0.3, -0.25) is 0 Å². The first-order chi connectivity index (χ1) is 9.42. The second-order valence-electron chi connectivity index (χ2n) is 5.25. The van der Waals surface area contributed by atoms with Crippen LogP contribution in [0.3, 0.4) is 0 Å². The van der Waals surface area contributed by atoms with E-state index >= 15 is 0 Å². The normalized spacial score (nSPS) is 18.1. The topological polar surface area (TPSA) is 46.6 Å². The van der Waals surface area contributed by atoms with Gasteiger partial charge in [-0.05, 0) is 31.0 Å². The van der Waals surface area contributed by atoms with E-state index in [2.05, 4.69) is 4.90 Å². The molecule has 1 aliphatic rings. The minimum Gasteiger partial charge on any atom is -0.490 e. The largest absolute Gasteiger partial charge is 0.490 e. The fourth-order valence-corrected chi connectivity index (χ4v) is 3.05. The van der Waals surface area contributed by atoms with Gasteiger partial charge in [-0.1, -0.05) is 17.7 Å². The van der Waals surface area contributed by atoms with Crippen LogP contribution in [0, 0.1) is 0 Å². The summed E-state index contributed by atoms with van der Waals surface area (Å²) in [5, 5.41) is 0.674. The van der Waals surface area contributed by atoms with Crippen molar-refractivity contribution in [2.24, 2.45) is 0 Å². The maximum atomic E-state index is 11.1. The molecule has 0 unspecified atom stereocenters. The summed E-state index contributed by atoms with van der Waals surface area (Å²) in [6.45, 7) is 2.37. The Labute approximate surface area is 125 Å². The monoisotopic (exact) mass is 317 g/mol. The van der Waals surface area contributed by atoms with Crippen molar-refractivity contribution in [2.45, 2.75) is 18.9 Å². The smallest absolute Gasteiger partial charge is 0.148 e. The van der Waals surface area contributed by atoms with Crippen molar-refractivity contribution in [1.29, 1.82) is 0 Å². The van der Waals surface area contributed by atoms with Gasteiger partial charge in [0.2, 0.25) is 0 Å². The average Bonchev–Trinajstić information content (AvgIpc) is 2.37. The van der Waals surface area contributed by atoms with E-state index in [4.69, 9.17) is 16.3 Å². The van der Waals surface area contributed by atoms with Crippen LogP contribution in [-0.2, 0) is 9.84 Å². The Morgan fingerprint density at radius 3 is 2.65 bits per heavy atom. The van der Waals surface area contributed by atoms with Crippen LogP contribution in [0.15, 0.2) is 24.3 Å². The van der Waals surface area contributed by atoms with E-state index in [9.17, 15) is 8.42 Å². The minimum absolute atomic E-state index is 0.183. The van der Waals surface area contributed by atoms with Crippen LogP contribution in [0.2, 0.25) is 5.02 Å². The number of nitrogens with zero attached hydrogens (tertiary/aromatic N) is 1. The number of benzene rings is 1. The summed E-state index contributed by atoms with van der Waals surface area (Å²) in [5.74, 6) is 1.03. The van der Waals surface area contributed by atoms with Crippen LogP contribution in [0.25, 0.3) is 0 Å². The van der Waals surface area contributed by atoms with Crippen molar-refractivity contribution in [2.75, 3.05) is 31.6 Å². The second-order valence-corrected chi connectivity index (χ2v) is 7.94. The Morgan fingerprint density at radius 1 is 1.35 bits per heavy atom. The molecule has 0 aromatic heterocycles. The summed E-state index contributed by atoms with van der Waals surface area (Å²) in [6, 6.07) is 7.42. The number of halogens is 1. The lowest BCUT2D eigenvalue weighted by Gasteiger charge is -2.31. The van der Waals surface area contributed by atoms with E-state index in [-0.39, 0.29) is 11.9 Å². The molecule has 0 saturated carbocycles. The van der Waals surface area contributed by atoms with Gasteiger partial charge in [-0.2, -0.15) is 0 Å². The van der Waals surface area contributed by atoms with Crippen molar-refractivity contribution in [1.82, 2.24) is 4.90 Å². The van der Waals surface area contributed by atoms with Crippen molar-refractivity contribution >= 4 is 21.4 Å². The molecule has 0 N–H and O–H groups in total. The lowest BCUT2D eigenvalue weighted by molar-refractivity contribution is 0.104. The summed E-state index contributed by atoms with van der Waals surface area (Å²) in [7, 11) is -2.88. The number of rotatable bonds is 5. The molecule has 1 aromatic rings. The molecule has 0 amide bonds. The minimum atomic E-state index is -2.88. The lowest BCUT2D eigenvalue weighted by Crippen LogP contribution is -2.40. The van der Waals surface area contributed by atoms with Crippen LogP contribution in [-0.4, -0.2) is 51.1 Å². The van der Waals surface area contributed by atoms with Crippen LogP contribution in [0.1, 0.15) is 12.8 Å². The van der Waals surface area contributed by atoms with E-state index in [1.54, 1.807) is 0 Å². The summed E-state index contributed by atoms with van der Waals surface area (Å²) in [6.07, 6.45) is 3.29. The Balaban J connectivity index is 1.77. The predicted molar refractivity (Wildman–Crippen MR) is 81.3 cm³/mol. The van der Waals surface area contributed by atoms with Gasteiger partial charge in [0.1, 0.15) is 21.7 Å². The molecule has 0 bridgehead atoms. The number of ether oxygens (including phenoxy) is 1. The first kappa shape index (κ1) is 15.6. The SMILES string of the molecule is CS(=O)(=O)CCN1CCC(Oc2cccc(Cl)c2)CC1. The third-order valence-corrected chi connectivity index (χ3v) is 4.57. The van der Waals surface area contributed by atoms with Gasteiger partial charge in [0.15, 0.2) is 0 Å². The van der Waals surface area contributed by atoms with Gasteiger partial charge in [0.05, 0.1) is 5.75 Å². The highest BCUT2D eigenvalue weighted by molar-refractivity contribution is 7.90. The van der Waals surface area contributed by atoms with E-state index in [1.807, 2.05) is 24.3 Å². The number of piperidine rings is 1. The van der Waals surface area contributed by atoms with Crippen LogP contribution in [0.5, 0.6) is 5.75 Å². The quantitative estimate of drug-likeness (QED) is 0.835. The zero-order valence-corrected chi connectivity index (χ0v) is 13.2. The standard InChI is InChI=1S/C14H20ClNO3S/c1-20(17,18)10-9-16-7-5-13(6-8-16)19-14-4-2-3-12(15)11-14/h2-4,11,13H,5-10H2,1H3. The van der Waals surface area contributed by atoms with Gasteiger partial charge in [-0.25, -0.2) is 8.42 Å². The summed E-state index contributed by atoms with van der Waals surface area (Å²) in [5.41, 5.74) is 0. The molecule has 20 heavy (non-hydrogen) atoms. The molecule has 0 aliphatic carbocycles. The molecular weight excluding hydrogens is 298 g/mol. The number of likely N-dealkylation sites (tertiary alicyclic amines) is 1. The predicted octanol–water partition coefficient (Wildman–Crippen LogP) is 2.23. The van der Waals surface area contributed by atoms with Crippen LogP contribution in [0.4, 0.5) is 0 Å². The molecule has 0 atom stereocenters. The summed E-state index contributed by atoms with van der Waals surface area (Å²) < 4.78 is 28.2. The van der Waals surface area contributed by atoms with E-state index in [0.717, 1.165) is 31.7 Å². The van der Waals surface area contributed by atoms with Crippen molar-refractivity contribution in [3.63, 3.8) is 0 Å². The highest BCUT2D eigenvalue weighted by atomic mass is 35.5. The molecule has 0 radical (unpaired) electrons. The molecule has 112 valence electrons. The maximum absolute atomic E-state index is 11.1. The van der Waals surface area contributed by atoms with E-state index < -0.39 is 9.84 Å². The van der Waals surface area contributed by atoms with Crippen molar-refractivity contribution in [3.05, 3.63) is 29.3 Å². The number of hydrogen-bond acceptors (Lipinski definition) is 4. The molecule has 0 spiro atoms. The fourth-order valence-electron chi connectivity index (χ4n) is 2.28. The fraction of sp³-hybridized carbons (Fsp3) is 0.571. The third kappa shape index (κ3) is 5.31. The molecule has 1 fully saturated rings. The van der Waals surface area contributed by atoms with Gasteiger partial charge in [0, 0.05) is 30.9 Å². The number of sulfone groups is 1. The molecule has 4 nitrogen and oxygen atoms in total. The number of hydrogen-bond donors (Lipinski definition) is 0. The zero-order chi connectivity index (χ0) is 14.6.